The summed E-state index contributed by atoms with van der Waals surface area (Å²) in [5.41, 5.74) is 15.4. The van der Waals surface area contributed by atoms with Crippen molar-refractivity contribution in [3.05, 3.63) is 259 Å². The van der Waals surface area contributed by atoms with Crippen molar-refractivity contribution in [3.63, 3.8) is 0 Å². The third-order valence-electron chi connectivity index (χ3n) is 13.4. The smallest absolute Gasteiger partial charge is 0.0713 e. The monoisotopic (exact) mass is 849 g/mol. The van der Waals surface area contributed by atoms with Crippen molar-refractivity contribution in [2.24, 2.45) is 0 Å². The largest absolute Gasteiger partial charge is 0.310 e. The second-order valence-electron chi connectivity index (χ2n) is 16.8. The van der Waals surface area contributed by atoms with Gasteiger partial charge in [0.15, 0.2) is 0 Å². The van der Waals surface area contributed by atoms with Crippen LogP contribution in [0, 0.1) is 0 Å². The molecule has 0 unspecified atom stereocenters. The van der Waals surface area contributed by atoms with E-state index in [1.807, 2.05) is 22.7 Å². The Morgan fingerprint density at radius 1 is 0.297 bits per heavy atom. The molecule has 0 atom stereocenters. The van der Waals surface area contributed by atoms with Gasteiger partial charge in [-0.3, -0.25) is 0 Å². The van der Waals surface area contributed by atoms with Crippen molar-refractivity contribution in [2.45, 2.75) is 5.41 Å². The molecule has 0 fully saturated rings. The number of nitrogens with zero attached hydrogens (tertiary/aromatic N) is 1. The third-order valence-corrected chi connectivity index (χ3v) is 15.7. The van der Waals surface area contributed by atoms with Gasteiger partial charge >= 0.3 is 0 Å². The number of benzene rings is 10. The van der Waals surface area contributed by atoms with E-state index in [9.17, 15) is 0 Å². The number of rotatable bonds is 7. The van der Waals surface area contributed by atoms with E-state index in [1.165, 1.54) is 96.0 Å². The molecule has 13 rings (SSSR count). The van der Waals surface area contributed by atoms with Crippen LogP contribution < -0.4 is 4.90 Å². The molecular formula is C61H39NS2. The molecule has 300 valence electrons. The Hall–Kier alpha value is -7.56. The van der Waals surface area contributed by atoms with Crippen molar-refractivity contribution in [3.8, 4) is 33.4 Å². The fraction of sp³-hybridized carbons (Fsp3) is 0.0164. The first-order valence-corrected chi connectivity index (χ1v) is 23.5. The molecule has 3 heteroatoms. The first-order valence-electron chi connectivity index (χ1n) is 21.9. The quantitative estimate of drug-likeness (QED) is 0.154. The SMILES string of the molecule is c1ccc(C2(c3ccccc3)c3ccccc3-c3cc(N(c4ccc(-c5ccc6sc7ccccc7c6c5)cc4)c4ccc(-c5cccc6c5sc5ccccc56)cc4)ccc32)cc1. The van der Waals surface area contributed by atoms with E-state index in [2.05, 4.69) is 241 Å². The molecule has 2 heterocycles. The van der Waals surface area contributed by atoms with E-state index in [0.29, 0.717) is 0 Å². The van der Waals surface area contributed by atoms with Gasteiger partial charge in [0.2, 0.25) is 0 Å². The highest BCUT2D eigenvalue weighted by Crippen LogP contribution is 2.57. The standard InChI is InChI=1S/C61H39NS2/c1-3-14-43(15-4-1)61(44-16-5-2-6-17-44)55-23-10-7-18-49(55)53-39-47(35-36-56(53)61)62(45-31-26-40(27-32-45)42-30-37-59-54(38-42)51-20-9-11-24-57(51)63-59)46-33-28-41(29-34-46)48-21-13-22-52-50-19-8-12-25-58(50)64-60(48)52/h1-39H. The maximum atomic E-state index is 2.43. The number of anilines is 3. The fourth-order valence-electron chi connectivity index (χ4n) is 10.5. The van der Waals surface area contributed by atoms with E-state index in [1.54, 1.807) is 0 Å². The highest BCUT2D eigenvalue weighted by Gasteiger charge is 2.46. The second-order valence-corrected chi connectivity index (χ2v) is 18.9. The highest BCUT2D eigenvalue weighted by atomic mass is 32.1. The first-order chi connectivity index (χ1) is 31.7. The van der Waals surface area contributed by atoms with Gasteiger partial charge in [0.1, 0.15) is 0 Å². The molecule has 1 aliphatic rings. The first kappa shape index (κ1) is 37.0. The second kappa shape index (κ2) is 14.8. The Morgan fingerprint density at radius 2 is 0.812 bits per heavy atom. The van der Waals surface area contributed by atoms with E-state index >= 15 is 0 Å². The van der Waals surface area contributed by atoms with Gasteiger partial charge in [0, 0.05) is 57.4 Å². The average molecular weight is 850 g/mol. The Bertz CT molecular complexity index is 3670. The zero-order valence-corrected chi connectivity index (χ0v) is 36.4. The summed E-state index contributed by atoms with van der Waals surface area (Å²) in [7, 11) is 0. The lowest BCUT2D eigenvalue weighted by Gasteiger charge is -2.34. The molecule has 2 aromatic heterocycles. The van der Waals surface area contributed by atoms with Crippen LogP contribution in [0.15, 0.2) is 237 Å². The van der Waals surface area contributed by atoms with Crippen LogP contribution in [0.3, 0.4) is 0 Å². The molecule has 0 saturated carbocycles. The van der Waals surface area contributed by atoms with E-state index in [4.69, 9.17) is 0 Å². The topological polar surface area (TPSA) is 3.24 Å². The van der Waals surface area contributed by atoms with Crippen LogP contribution in [-0.4, -0.2) is 0 Å². The summed E-state index contributed by atoms with van der Waals surface area (Å²) in [6, 6.07) is 87.7. The van der Waals surface area contributed by atoms with Crippen molar-refractivity contribution < 1.29 is 0 Å². The minimum absolute atomic E-state index is 0.455. The van der Waals surface area contributed by atoms with Crippen LogP contribution in [0.2, 0.25) is 0 Å². The molecule has 0 aliphatic heterocycles. The van der Waals surface area contributed by atoms with Crippen LogP contribution in [0.25, 0.3) is 73.7 Å². The molecule has 0 saturated heterocycles. The summed E-state index contributed by atoms with van der Waals surface area (Å²) in [6.07, 6.45) is 0. The lowest BCUT2D eigenvalue weighted by atomic mass is 9.68. The molecular weight excluding hydrogens is 811 g/mol. The maximum Gasteiger partial charge on any atom is 0.0713 e. The van der Waals surface area contributed by atoms with Crippen molar-refractivity contribution in [1.29, 1.82) is 0 Å². The van der Waals surface area contributed by atoms with E-state index < -0.39 is 5.41 Å². The molecule has 0 amide bonds. The minimum Gasteiger partial charge on any atom is -0.310 e. The van der Waals surface area contributed by atoms with Gasteiger partial charge in [-0.05, 0) is 116 Å². The number of fused-ring (bicyclic) bond motifs is 9. The fourth-order valence-corrected chi connectivity index (χ4v) is 12.8. The van der Waals surface area contributed by atoms with Gasteiger partial charge in [-0.25, -0.2) is 0 Å². The van der Waals surface area contributed by atoms with Crippen molar-refractivity contribution in [2.75, 3.05) is 4.90 Å². The normalized spacial score (nSPS) is 12.8. The summed E-state index contributed by atoms with van der Waals surface area (Å²) in [5, 5.41) is 5.27. The van der Waals surface area contributed by atoms with Crippen molar-refractivity contribution in [1.82, 2.24) is 0 Å². The predicted octanol–water partition coefficient (Wildman–Crippen LogP) is 17.6. The van der Waals surface area contributed by atoms with Crippen LogP contribution in [0.5, 0.6) is 0 Å². The van der Waals surface area contributed by atoms with Crippen LogP contribution >= 0.6 is 22.7 Å². The summed E-state index contributed by atoms with van der Waals surface area (Å²) < 4.78 is 5.30. The molecule has 64 heavy (non-hydrogen) atoms. The van der Waals surface area contributed by atoms with E-state index in [-0.39, 0.29) is 0 Å². The molecule has 1 nitrogen and oxygen atoms in total. The molecule has 10 aromatic carbocycles. The highest BCUT2D eigenvalue weighted by molar-refractivity contribution is 7.26. The van der Waals surface area contributed by atoms with Gasteiger partial charge < -0.3 is 4.90 Å². The molecule has 1 aliphatic carbocycles. The Labute approximate surface area is 380 Å². The lowest BCUT2D eigenvalue weighted by molar-refractivity contribution is 0.768. The Morgan fingerprint density at radius 3 is 1.53 bits per heavy atom. The molecule has 0 spiro atoms. The average Bonchev–Trinajstić information content (AvgIpc) is 4.03. The molecule has 12 aromatic rings. The molecule has 0 bridgehead atoms. The summed E-state index contributed by atoms with van der Waals surface area (Å²) in [4.78, 5) is 2.43. The zero-order chi connectivity index (χ0) is 42.2. The van der Waals surface area contributed by atoms with Crippen LogP contribution in [0.4, 0.5) is 17.1 Å². The lowest BCUT2D eigenvalue weighted by Crippen LogP contribution is -2.28. The Balaban J connectivity index is 0.969. The van der Waals surface area contributed by atoms with Gasteiger partial charge in [-0.15, -0.1) is 22.7 Å². The summed E-state index contributed by atoms with van der Waals surface area (Å²) in [5.74, 6) is 0. The van der Waals surface area contributed by atoms with Gasteiger partial charge in [-0.2, -0.15) is 0 Å². The zero-order valence-electron chi connectivity index (χ0n) is 34.8. The summed E-state index contributed by atoms with van der Waals surface area (Å²) in [6.45, 7) is 0. The van der Waals surface area contributed by atoms with Gasteiger partial charge in [0.25, 0.3) is 0 Å². The summed E-state index contributed by atoms with van der Waals surface area (Å²) >= 11 is 3.74. The number of hydrogen-bond acceptors (Lipinski definition) is 3. The number of thiophene rings is 2. The van der Waals surface area contributed by atoms with E-state index in [0.717, 1.165) is 17.1 Å². The molecule has 0 radical (unpaired) electrons. The predicted molar refractivity (Wildman–Crippen MR) is 275 cm³/mol. The maximum absolute atomic E-state index is 2.43. The third kappa shape index (κ3) is 5.68. The van der Waals surface area contributed by atoms with Gasteiger partial charge in [0.05, 0.1) is 5.41 Å². The Kier molecular flexibility index (Phi) is 8.55. The van der Waals surface area contributed by atoms with Gasteiger partial charge in [-0.1, -0.05) is 176 Å². The number of hydrogen-bond donors (Lipinski definition) is 0. The van der Waals surface area contributed by atoms with Crippen LogP contribution in [-0.2, 0) is 5.41 Å². The minimum atomic E-state index is -0.455. The van der Waals surface area contributed by atoms with Crippen LogP contribution in [0.1, 0.15) is 22.3 Å². The van der Waals surface area contributed by atoms with Crippen molar-refractivity contribution >= 4 is 80.1 Å². The molecule has 0 N–H and O–H groups in total.